The summed E-state index contributed by atoms with van der Waals surface area (Å²) in [6, 6.07) is 11.7. The number of nitrogens with two attached hydrogens (primary N) is 3. The number of halogens is 3. The molecule has 1 aliphatic rings. The van der Waals surface area contributed by atoms with Crippen molar-refractivity contribution in [2.24, 2.45) is 22.2 Å². The number of hydrogen-bond acceptors (Lipinski definition) is 5. The van der Waals surface area contributed by atoms with Gasteiger partial charge in [0.05, 0.1) is 16.4 Å². The van der Waals surface area contributed by atoms with E-state index in [9.17, 15) is 4.79 Å². The lowest BCUT2D eigenvalue weighted by atomic mass is 10.00. The molecular weight excluding hydrogens is 457 g/mol. The number of rotatable bonds is 5. The zero-order valence-corrected chi connectivity index (χ0v) is 19.3. The second-order valence-corrected chi connectivity index (χ2v) is 8.11. The number of carbonyl (C=O) groups excluding carboxylic acids is 1. The zero-order chi connectivity index (χ0) is 22.8. The van der Waals surface area contributed by atoms with E-state index < -0.39 is 5.91 Å². The third-order valence-electron chi connectivity index (χ3n) is 4.55. The highest BCUT2D eigenvalue weighted by molar-refractivity contribution is 6.36. The first-order valence-corrected chi connectivity index (χ1v) is 11.0. The van der Waals surface area contributed by atoms with Gasteiger partial charge in [0, 0.05) is 27.7 Å². The molecule has 1 fully saturated rings. The van der Waals surface area contributed by atoms with Gasteiger partial charge in [0.25, 0.3) is 5.91 Å². The fraction of sp³-hybridized carbons (Fsp3) is 0.273. The molecule has 7 N–H and O–H groups in total. The van der Waals surface area contributed by atoms with Crippen LogP contribution in [0, 0.1) is 0 Å². The molecule has 0 aliphatic carbocycles. The minimum Gasteiger partial charge on any atom is -0.394 e. The maximum atomic E-state index is 11.5. The quantitative estimate of drug-likeness (QED) is 0.377. The predicted octanol–water partition coefficient (Wildman–Crippen LogP) is 4.18. The minimum absolute atomic E-state index is 0.0402. The summed E-state index contributed by atoms with van der Waals surface area (Å²) in [5.74, 6) is -0.788. The molecule has 31 heavy (non-hydrogen) atoms. The molecule has 9 heteroatoms. The fourth-order valence-electron chi connectivity index (χ4n) is 2.89. The summed E-state index contributed by atoms with van der Waals surface area (Å²) in [4.78, 5) is 16.0. The number of primary amides is 1. The van der Waals surface area contributed by atoms with E-state index >= 15 is 0 Å². The summed E-state index contributed by atoms with van der Waals surface area (Å²) in [5, 5.41) is 4.65. The second kappa shape index (κ2) is 12.7. The average Bonchev–Trinajstić information content (AvgIpc) is 2.77. The van der Waals surface area contributed by atoms with Crippen molar-refractivity contribution in [3.05, 3.63) is 74.4 Å². The lowest BCUT2D eigenvalue weighted by molar-refractivity contribution is -0.114. The van der Waals surface area contributed by atoms with Crippen molar-refractivity contribution in [3.63, 3.8) is 0 Å². The molecule has 166 valence electrons. The van der Waals surface area contributed by atoms with Crippen LogP contribution in [0.25, 0.3) is 0 Å². The van der Waals surface area contributed by atoms with E-state index in [1.165, 1.54) is 32.4 Å². The first-order chi connectivity index (χ1) is 14.8. The van der Waals surface area contributed by atoms with Gasteiger partial charge in [0.15, 0.2) is 0 Å². The van der Waals surface area contributed by atoms with Gasteiger partial charge in [-0.2, -0.15) is 0 Å². The lowest BCUT2D eigenvalue weighted by Gasteiger charge is -2.13. The van der Waals surface area contributed by atoms with Crippen LogP contribution in [0.1, 0.15) is 24.8 Å². The zero-order valence-electron chi connectivity index (χ0n) is 17.0. The van der Waals surface area contributed by atoms with Gasteiger partial charge < -0.3 is 22.5 Å². The highest BCUT2D eigenvalue weighted by Gasteiger charge is 2.17. The molecule has 2 aromatic rings. The Morgan fingerprint density at radius 3 is 2.00 bits per heavy atom. The van der Waals surface area contributed by atoms with Crippen LogP contribution in [-0.4, -0.2) is 31.3 Å². The summed E-state index contributed by atoms with van der Waals surface area (Å²) in [7, 11) is 0. The smallest absolute Gasteiger partial charge is 0.264 e. The first-order valence-electron chi connectivity index (χ1n) is 9.82. The number of hydrogen-bond donors (Lipinski definition) is 4. The van der Waals surface area contributed by atoms with Crippen LogP contribution in [0.5, 0.6) is 0 Å². The van der Waals surface area contributed by atoms with Gasteiger partial charge in [-0.1, -0.05) is 53.4 Å². The molecule has 6 nitrogen and oxygen atoms in total. The molecule has 0 aromatic heterocycles. The van der Waals surface area contributed by atoms with Gasteiger partial charge in [-0.3, -0.25) is 4.79 Å². The standard InChI is InChI=1S/C17H15Cl3N4O.C5H11N/c18-10-3-1-9(2-4-10)16(12(8-21)15(22)17(23)25)24-14-6-5-11(19)7-13(14)20;1-2-4-6-5-3-1/h1-7H,8,21-22H2,(H2,23,25);6H,1-5H2/b15-12-,24-16?;. The number of carbonyl (C=O) groups is 1. The molecule has 0 atom stereocenters. The van der Waals surface area contributed by atoms with Gasteiger partial charge in [-0.15, -0.1) is 0 Å². The van der Waals surface area contributed by atoms with Crippen LogP contribution in [0.3, 0.4) is 0 Å². The molecule has 0 unspecified atom stereocenters. The van der Waals surface area contributed by atoms with Crippen molar-refractivity contribution >= 4 is 52.1 Å². The summed E-state index contributed by atoms with van der Waals surface area (Å²) >= 11 is 18.0. The van der Waals surface area contributed by atoms with Crippen LogP contribution in [-0.2, 0) is 4.79 Å². The molecule has 1 heterocycles. The minimum atomic E-state index is -0.788. The molecule has 2 aromatic carbocycles. The van der Waals surface area contributed by atoms with E-state index in [-0.39, 0.29) is 12.2 Å². The van der Waals surface area contributed by atoms with Crippen molar-refractivity contribution in [2.45, 2.75) is 19.3 Å². The largest absolute Gasteiger partial charge is 0.394 e. The highest BCUT2D eigenvalue weighted by Crippen LogP contribution is 2.29. The van der Waals surface area contributed by atoms with Crippen molar-refractivity contribution in [3.8, 4) is 0 Å². The van der Waals surface area contributed by atoms with Gasteiger partial charge in [0.1, 0.15) is 5.70 Å². The van der Waals surface area contributed by atoms with Crippen LogP contribution in [0.15, 0.2) is 58.7 Å². The van der Waals surface area contributed by atoms with E-state index in [1.807, 2.05) is 0 Å². The fourth-order valence-corrected chi connectivity index (χ4v) is 3.47. The van der Waals surface area contributed by atoms with Crippen molar-refractivity contribution in [2.75, 3.05) is 19.6 Å². The molecule has 0 saturated carbocycles. The number of nitrogens with zero attached hydrogens (tertiary/aromatic N) is 1. The second-order valence-electron chi connectivity index (χ2n) is 6.83. The summed E-state index contributed by atoms with van der Waals surface area (Å²) in [6.07, 6.45) is 4.22. The SMILES string of the molecule is C1CCNCC1.NC/C(C(=Nc1ccc(Cl)cc1Cl)c1ccc(Cl)cc1)=C(/N)C(N)=O. The van der Waals surface area contributed by atoms with E-state index in [2.05, 4.69) is 10.3 Å². The summed E-state index contributed by atoms with van der Waals surface area (Å²) < 4.78 is 0. The number of aliphatic imine (C=N–C) groups is 1. The Balaban J connectivity index is 0.000000488. The van der Waals surface area contributed by atoms with Gasteiger partial charge >= 0.3 is 0 Å². The molecule has 1 saturated heterocycles. The van der Waals surface area contributed by atoms with Crippen LogP contribution < -0.4 is 22.5 Å². The Labute approximate surface area is 197 Å². The Kier molecular flexibility index (Phi) is 10.3. The Morgan fingerprint density at radius 1 is 0.935 bits per heavy atom. The molecule has 3 rings (SSSR count). The monoisotopic (exact) mass is 481 g/mol. The maximum Gasteiger partial charge on any atom is 0.264 e. The molecule has 0 spiro atoms. The number of piperidine rings is 1. The van der Waals surface area contributed by atoms with Crippen LogP contribution >= 0.6 is 34.8 Å². The van der Waals surface area contributed by atoms with Gasteiger partial charge in [0.2, 0.25) is 0 Å². The third-order valence-corrected chi connectivity index (χ3v) is 5.34. The molecular formula is C22H26Cl3N5O. The van der Waals surface area contributed by atoms with Gasteiger partial charge in [-0.25, -0.2) is 4.99 Å². The Hall–Kier alpha value is -2.09. The first kappa shape index (κ1) is 25.2. The van der Waals surface area contributed by atoms with E-state index in [0.717, 1.165) is 0 Å². The number of benzene rings is 2. The summed E-state index contributed by atoms with van der Waals surface area (Å²) in [5.41, 5.74) is 18.5. The van der Waals surface area contributed by atoms with Crippen molar-refractivity contribution < 1.29 is 4.79 Å². The normalized spacial score (nSPS) is 14.9. The summed E-state index contributed by atoms with van der Waals surface area (Å²) in [6.45, 7) is 2.46. The lowest BCUT2D eigenvalue weighted by Crippen LogP contribution is -2.28. The number of nitrogens with one attached hydrogen (secondary N) is 1. The van der Waals surface area contributed by atoms with Crippen molar-refractivity contribution in [1.29, 1.82) is 0 Å². The van der Waals surface area contributed by atoms with Crippen molar-refractivity contribution in [1.82, 2.24) is 5.32 Å². The molecule has 0 radical (unpaired) electrons. The Morgan fingerprint density at radius 2 is 1.55 bits per heavy atom. The third kappa shape index (κ3) is 7.83. The van der Waals surface area contributed by atoms with Gasteiger partial charge in [-0.05, 0) is 56.3 Å². The van der Waals surface area contributed by atoms with E-state index in [1.54, 1.807) is 42.5 Å². The molecule has 1 aliphatic heterocycles. The topological polar surface area (TPSA) is 120 Å². The predicted molar refractivity (Wildman–Crippen MR) is 130 cm³/mol. The van der Waals surface area contributed by atoms with E-state index in [0.29, 0.717) is 37.6 Å². The maximum absolute atomic E-state index is 11.5. The van der Waals surface area contributed by atoms with Crippen LogP contribution in [0.2, 0.25) is 15.1 Å². The average molecular weight is 483 g/mol. The Bertz CT molecular complexity index is 943. The highest BCUT2D eigenvalue weighted by atomic mass is 35.5. The molecule has 0 bridgehead atoms. The molecule has 1 amide bonds. The van der Waals surface area contributed by atoms with Crippen LogP contribution in [0.4, 0.5) is 5.69 Å². The van der Waals surface area contributed by atoms with E-state index in [4.69, 9.17) is 52.0 Å². The number of amides is 1.